The molecule has 5 nitrogen and oxygen atoms in total. The fourth-order valence-corrected chi connectivity index (χ4v) is 3.55. The van der Waals surface area contributed by atoms with Crippen LogP contribution in [0.1, 0.15) is 38.5 Å². The smallest absolute Gasteiger partial charge is 0.220 e. The lowest BCUT2D eigenvalue weighted by Gasteiger charge is -2.14. The van der Waals surface area contributed by atoms with Gasteiger partial charge >= 0.3 is 0 Å². The van der Waals surface area contributed by atoms with Gasteiger partial charge in [-0.3, -0.25) is 9.59 Å². The molecule has 3 atom stereocenters. The van der Waals surface area contributed by atoms with Crippen LogP contribution in [-0.4, -0.2) is 36.1 Å². The Balaban J connectivity index is 1.33. The molecular weight excluding hydrogens is 390 g/mol. The van der Waals surface area contributed by atoms with Crippen LogP contribution in [0.15, 0.2) is 66.8 Å². The van der Waals surface area contributed by atoms with E-state index < -0.39 is 6.10 Å². The summed E-state index contributed by atoms with van der Waals surface area (Å²) in [5.41, 5.74) is 0. The number of aliphatic hydroxyl groups is 1. The maximum absolute atomic E-state index is 12.2. The van der Waals surface area contributed by atoms with E-state index in [4.69, 9.17) is 4.74 Å². The Bertz CT molecular complexity index is 795. The molecule has 0 aliphatic heterocycles. The lowest BCUT2D eigenvalue weighted by atomic mass is 9.91. The van der Waals surface area contributed by atoms with Crippen LogP contribution in [-0.2, 0) is 9.59 Å². The van der Waals surface area contributed by atoms with Crippen LogP contribution in [0.25, 0.3) is 0 Å². The minimum Gasteiger partial charge on any atom is -0.491 e. The van der Waals surface area contributed by atoms with E-state index in [0.29, 0.717) is 18.1 Å². The number of hydrogen-bond acceptors (Lipinski definition) is 4. The van der Waals surface area contributed by atoms with Gasteiger partial charge in [0.15, 0.2) is 5.78 Å². The highest BCUT2D eigenvalue weighted by molar-refractivity contribution is 5.95. The van der Waals surface area contributed by atoms with E-state index in [0.717, 1.165) is 25.8 Å². The molecule has 1 amide bonds. The van der Waals surface area contributed by atoms with E-state index in [1.54, 1.807) is 18.2 Å². The monoisotopic (exact) mass is 423 g/mol. The van der Waals surface area contributed by atoms with Gasteiger partial charge in [-0.05, 0) is 62.1 Å². The molecule has 2 N–H and O–H groups in total. The first-order valence-corrected chi connectivity index (χ1v) is 11.3. The SMILES string of the molecule is O=C(CCC/C=C\C[C@H]1C=CC(=O)[C@@H]1/C=C/[C@@H](O)COc1ccccc1)NCC1CC1. The van der Waals surface area contributed by atoms with Gasteiger partial charge in [-0.1, -0.05) is 48.6 Å². The zero-order chi connectivity index (χ0) is 21.9. The molecule has 166 valence electrons. The molecule has 31 heavy (non-hydrogen) atoms. The number of hydrogen-bond donors (Lipinski definition) is 2. The number of aliphatic hydroxyl groups excluding tert-OH is 1. The molecule has 1 aromatic rings. The lowest BCUT2D eigenvalue weighted by molar-refractivity contribution is -0.121. The molecule has 1 saturated carbocycles. The quantitative estimate of drug-likeness (QED) is 0.371. The molecule has 1 aromatic carbocycles. The van der Waals surface area contributed by atoms with Crippen molar-refractivity contribution in [1.29, 1.82) is 0 Å². The average molecular weight is 424 g/mol. The number of ketones is 1. The van der Waals surface area contributed by atoms with Crippen LogP contribution in [0, 0.1) is 17.8 Å². The first kappa shape index (κ1) is 23.0. The summed E-state index contributed by atoms with van der Waals surface area (Å²) in [5.74, 6) is 1.48. The molecule has 0 unspecified atom stereocenters. The van der Waals surface area contributed by atoms with Crippen molar-refractivity contribution in [3.05, 3.63) is 66.8 Å². The summed E-state index contributed by atoms with van der Waals surface area (Å²) in [6, 6.07) is 9.34. The summed E-state index contributed by atoms with van der Waals surface area (Å²) in [6.45, 7) is 0.979. The van der Waals surface area contributed by atoms with Gasteiger partial charge in [0.1, 0.15) is 18.5 Å². The summed E-state index contributed by atoms with van der Waals surface area (Å²) in [4.78, 5) is 23.9. The van der Waals surface area contributed by atoms with Crippen LogP contribution in [0.4, 0.5) is 0 Å². The third kappa shape index (κ3) is 8.54. The Morgan fingerprint density at radius 3 is 2.81 bits per heavy atom. The third-order valence-electron chi connectivity index (χ3n) is 5.64. The van der Waals surface area contributed by atoms with E-state index in [1.807, 2.05) is 36.4 Å². The molecule has 1 fully saturated rings. The second-order valence-electron chi connectivity index (χ2n) is 8.37. The highest BCUT2D eigenvalue weighted by Gasteiger charge is 2.27. The molecule has 0 saturated heterocycles. The molecule has 0 heterocycles. The Labute approximate surface area is 184 Å². The lowest BCUT2D eigenvalue weighted by Crippen LogP contribution is -2.24. The second-order valence-corrected chi connectivity index (χ2v) is 8.37. The first-order valence-electron chi connectivity index (χ1n) is 11.3. The molecule has 0 aromatic heterocycles. The van der Waals surface area contributed by atoms with Gasteiger partial charge in [0.05, 0.1) is 0 Å². The number of unbranched alkanes of at least 4 members (excludes halogenated alkanes) is 1. The number of carbonyl (C=O) groups is 2. The molecule has 2 aliphatic carbocycles. The van der Waals surface area contributed by atoms with Crippen molar-refractivity contribution in [2.75, 3.05) is 13.2 Å². The summed E-state index contributed by atoms with van der Waals surface area (Å²) in [7, 11) is 0. The summed E-state index contributed by atoms with van der Waals surface area (Å²) < 4.78 is 5.54. The zero-order valence-electron chi connectivity index (χ0n) is 18.0. The van der Waals surface area contributed by atoms with Gasteiger partial charge in [-0.2, -0.15) is 0 Å². The molecule has 5 heteroatoms. The van der Waals surface area contributed by atoms with Crippen molar-refractivity contribution in [3.63, 3.8) is 0 Å². The van der Waals surface area contributed by atoms with Crippen molar-refractivity contribution in [3.8, 4) is 5.75 Å². The summed E-state index contributed by atoms with van der Waals surface area (Å²) in [5, 5.41) is 13.1. The van der Waals surface area contributed by atoms with E-state index >= 15 is 0 Å². The van der Waals surface area contributed by atoms with Gasteiger partial charge in [0, 0.05) is 18.9 Å². The number of para-hydroxylation sites is 1. The third-order valence-corrected chi connectivity index (χ3v) is 5.64. The molecular formula is C26H33NO4. The topological polar surface area (TPSA) is 75.6 Å². The van der Waals surface area contributed by atoms with Crippen molar-refractivity contribution < 1.29 is 19.4 Å². The average Bonchev–Trinajstić information content (AvgIpc) is 3.55. The predicted octanol–water partition coefficient (Wildman–Crippen LogP) is 4.00. The van der Waals surface area contributed by atoms with Gasteiger partial charge in [-0.25, -0.2) is 0 Å². The Kier molecular flexibility index (Phi) is 9.10. The van der Waals surface area contributed by atoms with Gasteiger partial charge < -0.3 is 15.2 Å². The predicted molar refractivity (Wildman–Crippen MR) is 122 cm³/mol. The number of ether oxygens (including phenoxy) is 1. The van der Waals surface area contributed by atoms with E-state index in [2.05, 4.69) is 17.5 Å². The van der Waals surface area contributed by atoms with Gasteiger partial charge in [0.2, 0.25) is 5.91 Å². The number of benzene rings is 1. The fourth-order valence-electron chi connectivity index (χ4n) is 3.55. The summed E-state index contributed by atoms with van der Waals surface area (Å²) >= 11 is 0. The van der Waals surface area contributed by atoms with Crippen molar-refractivity contribution in [2.45, 2.75) is 44.6 Å². The molecule has 0 spiro atoms. The van der Waals surface area contributed by atoms with Crippen molar-refractivity contribution in [2.24, 2.45) is 17.8 Å². The zero-order valence-corrected chi connectivity index (χ0v) is 18.0. The Morgan fingerprint density at radius 1 is 1.23 bits per heavy atom. The number of carbonyl (C=O) groups excluding carboxylic acids is 2. The van der Waals surface area contributed by atoms with E-state index in [-0.39, 0.29) is 30.1 Å². The van der Waals surface area contributed by atoms with Crippen LogP contribution < -0.4 is 10.1 Å². The van der Waals surface area contributed by atoms with Crippen LogP contribution in [0.5, 0.6) is 5.75 Å². The van der Waals surface area contributed by atoms with E-state index in [9.17, 15) is 14.7 Å². The normalized spacial score (nSPS) is 21.8. The minimum atomic E-state index is -0.768. The minimum absolute atomic E-state index is 0.0677. The number of rotatable bonds is 13. The van der Waals surface area contributed by atoms with Crippen molar-refractivity contribution >= 4 is 11.7 Å². The van der Waals surface area contributed by atoms with Gasteiger partial charge in [-0.15, -0.1) is 0 Å². The fraction of sp³-hybridized carbons (Fsp3) is 0.462. The molecule has 2 aliphatic rings. The summed E-state index contributed by atoms with van der Waals surface area (Å²) in [6.07, 6.45) is 15.9. The Hall–Kier alpha value is -2.66. The van der Waals surface area contributed by atoms with Crippen LogP contribution in [0.3, 0.4) is 0 Å². The molecule has 0 radical (unpaired) electrons. The number of nitrogens with one attached hydrogen (secondary N) is 1. The number of allylic oxidation sites excluding steroid dienone is 5. The van der Waals surface area contributed by atoms with Crippen LogP contribution >= 0.6 is 0 Å². The van der Waals surface area contributed by atoms with Crippen LogP contribution in [0.2, 0.25) is 0 Å². The second kappa shape index (κ2) is 12.3. The number of amides is 1. The largest absolute Gasteiger partial charge is 0.491 e. The van der Waals surface area contributed by atoms with Gasteiger partial charge in [0.25, 0.3) is 0 Å². The molecule has 0 bridgehead atoms. The van der Waals surface area contributed by atoms with E-state index in [1.165, 1.54) is 12.8 Å². The highest BCUT2D eigenvalue weighted by atomic mass is 16.5. The molecule has 3 rings (SSSR count). The first-order chi connectivity index (χ1) is 15.1. The Morgan fingerprint density at radius 2 is 2.03 bits per heavy atom. The standard InChI is InChI=1S/C26H33NO4/c28-22(19-31-23-9-5-3-6-10-23)15-16-24-21(14-17-25(24)29)8-4-1-2-7-11-26(30)27-18-20-12-13-20/h1,3-6,9-10,14-17,20-22,24,28H,2,7-8,11-13,18-19H2,(H,27,30)/b4-1-,16-15+/t21-,22+,24+/m0/s1. The van der Waals surface area contributed by atoms with Crippen molar-refractivity contribution in [1.82, 2.24) is 5.32 Å². The maximum Gasteiger partial charge on any atom is 0.220 e. The maximum atomic E-state index is 12.2. The highest BCUT2D eigenvalue weighted by Crippen LogP contribution is 2.28.